The van der Waals surface area contributed by atoms with Gasteiger partial charge in [-0.1, -0.05) is 19.9 Å². The highest BCUT2D eigenvalue weighted by Crippen LogP contribution is 2.21. The Morgan fingerprint density at radius 1 is 1.40 bits per heavy atom. The van der Waals surface area contributed by atoms with Crippen molar-refractivity contribution in [2.45, 2.75) is 25.7 Å². The summed E-state index contributed by atoms with van der Waals surface area (Å²) in [5, 5.41) is 10.8. The molecule has 0 saturated carbocycles. The van der Waals surface area contributed by atoms with Crippen LogP contribution in [0.15, 0.2) is 23.1 Å². The van der Waals surface area contributed by atoms with Gasteiger partial charge in [-0.2, -0.15) is 0 Å². The van der Waals surface area contributed by atoms with Gasteiger partial charge in [0.15, 0.2) is 0 Å². The summed E-state index contributed by atoms with van der Waals surface area (Å²) in [6, 6.07) is 3.61. The SMILES string of the molecule is Cc1ccc(S(=O)(=O)NCC(=O)C(C)C)cc1[N+](=O)[O-]. The first-order valence-corrected chi connectivity index (χ1v) is 7.41. The molecule has 0 amide bonds. The number of benzene rings is 1. The molecule has 1 aromatic carbocycles. The molecule has 7 nitrogen and oxygen atoms in total. The number of carbonyl (C=O) groups excluding carboxylic acids is 1. The summed E-state index contributed by atoms with van der Waals surface area (Å²) in [6.45, 7) is 4.51. The number of carbonyl (C=O) groups is 1. The van der Waals surface area contributed by atoms with Crippen LogP contribution in [0.2, 0.25) is 0 Å². The van der Waals surface area contributed by atoms with Crippen molar-refractivity contribution in [2.24, 2.45) is 5.92 Å². The molecule has 0 aliphatic carbocycles. The number of nitro benzene ring substituents is 1. The molecule has 0 heterocycles. The molecule has 0 bridgehead atoms. The van der Waals surface area contributed by atoms with Crippen LogP contribution in [0, 0.1) is 23.0 Å². The van der Waals surface area contributed by atoms with Crippen molar-refractivity contribution in [1.82, 2.24) is 4.72 Å². The van der Waals surface area contributed by atoms with E-state index in [0.717, 1.165) is 6.07 Å². The van der Waals surface area contributed by atoms with Crippen LogP contribution in [-0.2, 0) is 14.8 Å². The lowest BCUT2D eigenvalue weighted by Crippen LogP contribution is -2.31. The Kier molecular flexibility index (Phi) is 4.96. The molecular weight excluding hydrogens is 284 g/mol. The third kappa shape index (κ3) is 3.84. The number of aryl methyl sites for hydroxylation is 1. The standard InChI is InChI=1S/C12H16N2O5S/c1-8(2)12(15)7-13-20(18,19)10-5-4-9(3)11(6-10)14(16)17/h4-6,8,13H,7H2,1-3H3. The quantitative estimate of drug-likeness (QED) is 0.631. The van der Waals surface area contributed by atoms with E-state index < -0.39 is 14.9 Å². The Labute approximate surface area is 117 Å². The largest absolute Gasteiger partial charge is 0.298 e. The smallest absolute Gasteiger partial charge is 0.273 e. The zero-order chi connectivity index (χ0) is 15.5. The molecular formula is C12H16N2O5S. The molecule has 0 aromatic heterocycles. The molecule has 8 heteroatoms. The number of Topliss-reactive ketones (excluding diaryl/α,β-unsaturated/α-hetero) is 1. The number of sulfonamides is 1. The Morgan fingerprint density at radius 3 is 2.50 bits per heavy atom. The molecule has 1 aromatic rings. The van der Waals surface area contributed by atoms with E-state index in [1.165, 1.54) is 19.1 Å². The second-order valence-electron chi connectivity index (χ2n) is 4.65. The van der Waals surface area contributed by atoms with Gasteiger partial charge in [0.25, 0.3) is 5.69 Å². The minimum absolute atomic E-state index is 0.230. The molecule has 0 saturated heterocycles. The lowest BCUT2D eigenvalue weighted by molar-refractivity contribution is -0.385. The van der Waals surface area contributed by atoms with Gasteiger partial charge in [-0.05, 0) is 13.0 Å². The number of nitrogens with zero attached hydrogens (tertiary/aromatic N) is 1. The first kappa shape index (κ1) is 16.3. The minimum Gasteiger partial charge on any atom is -0.298 e. The van der Waals surface area contributed by atoms with E-state index in [4.69, 9.17) is 0 Å². The molecule has 0 atom stereocenters. The fourth-order valence-electron chi connectivity index (χ4n) is 1.41. The summed E-state index contributed by atoms with van der Waals surface area (Å²) in [5.74, 6) is -0.541. The lowest BCUT2D eigenvalue weighted by Gasteiger charge is -2.08. The first-order chi connectivity index (χ1) is 9.15. The van der Waals surface area contributed by atoms with Gasteiger partial charge in [0, 0.05) is 17.5 Å². The molecule has 20 heavy (non-hydrogen) atoms. The molecule has 0 aliphatic rings. The summed E-state index contributed by atoms with van der Waals surface area (Å²) in [5.41, 5.74) is 0.0928. The van der Waals surface area contributed by atoms with E-state index in [9.17, 15) is 23.3 Å². The summed E-state index contributed by atoms with van der Waals surface area (Å²) in [7, 11) is -3.94. The van der Waals surface area contributed by atoms with Crippen LogP contribution in [0.5, 0.6) is 0 Å². The topological polar surface area (TPSA) is 106 Å². The normalized spacial score (nSPS) is 11.6. The zero-order valence-electron chi connectivity index (χ0n) is 11.4. The Bertz CT molecular complexity index is 637. The predicted molar refractivity (Wildman–Crippen MR) is 72.9 cm³/mol. The highest BCUT2D eigenvalue weighted by molar-refractivity contribution is 7.89. The van der Waals surface area contributed by atoms with E-state index in [1.807, 2.05) is 0 Å². The maximum atomic E-state index is 12.0. The van der Waals surface area contributed by atoms with Gasteiger partial charge in [-0.15, -0.1) is 0 Å². The molecule has 0 spiro atoms. The first-order valence-electron chi connectivity index (χ1n) is 5.92. The number of ketones is 1. The van der Waals surface area contributed by atoms with Crippen molar-refractivity contribution in [3.8, 4) is 0 Å². The van der Waals surface area contributed by atoms with Gasteiger partial charge in [0.1, 0.15) is 5.78 Å². The maximum Gasteiger partial charge on any atom is 0.273 e. The molecule has 0 radical (unpaired) electrons. The molecule has 110 valence electrons. The van der Waals surface area contributed by atoms with Crippen molar-refractivity contribution < 1.29 is 18.1 Å². The van der Waals surface area contributed by atoms with Crippen molar-refractivity contribution in [3.63, 3.8) is 0 Å². The number of nitrogens with one attached hydrogen (secondary N) is 1. The van der Waals surface area contributed by atoms with Crippen LogP contribution >= 0.6 is 0 Å². The monoisotopic (exact) mass is 300 g/mol. The van der Waals surface area contributed by atoms with Crippen LogP contribution in [0.4, 0.5) is 5.69 Å². The Balaban J connectivity index is 3.02. The zero-order valence-corrected chi connectivity index (χ0v) is 12.2. The third-order valence-corrected chi connectivity index (χ3v) is 4.17. The number of nitro groups is 1. The summed E-state index contributed by atoms with van der Waals surface area (Å²) < 4.78 is 26.1. The van der Waals surface area contributed by atoms with E-state index >= 15 is 0 Å². The fourth-order valence-corrected chi connectivity index (χ4v) is 2.42. The molecule has 0 unspecified atom stereocenters. The average molecular weight is 300 g/mol. The minimum atomic E-state index is -3.94. The van der Waals surface area contributed by atoms with Gasteiger partial charge in [0.05, 0.1) is 16.4 Å². The van der Waals surface area contributed by atoms with Crippen molar-refractivity contribution in [2.75, 3.05) is 6.54 Å². The van der Waals surface area contributed by atoms with Gasteiger partial charge < -0.3 is 0 Å². The van der Waals surface area contributed by atoms with Crippen LogP contribution in [0.25, 0.3) is 0 Å². The van der Waals surface area contributed by atoms with Crippen LogP contribution in [-0.4, -0.2) is 25.7 Å². The molecule has 1 N–H and O–H groups in total. The molecule has 0 fully saturated rings. The van der Waals surface area contributed by atoms with Crippen molar-refractivity contribution in [3.05, 3.63) is 33.9 Å². The number of rotatable bonds is 6. The van der Waals surface area contributed by atoms with Gasteiger partial charge >= 0.3 is 0 Å². The molecule has 0 aliphatic heterocycles. The third-order valence-electron chi connectivity index (χ3n) is 2.77. The maximum absolute atomic E-state index is 12.0. The summed E-state index contributed by atoms with van der Waals surface area (Å²) in [4.78, 5) is 21.3. The van der Waals surface area contributed by atoms with E-state index in [0.29, 0.717) is 5.56 Å². The second-order valence-corrected chi connectivity index (χ2v) is 6.42. The fraction of sp³-hybridized carbons (Fsp3) is 0.417. The Hall–Kier alpha value is -1.80. The number of hydrogen-bond donors (Lipinski definition) is 1. The lowest BCUT2D eigenvalue weighted by atomic mass is 10.1. The highest BCUT2D eigenvalue weighted by Gasteiger charge is 2.20. The van der Waals surface area contributed by atoms with Crippen molar-refractivity contribution >= 4 is 21.5 Å². The van der Waals surface area contributed by atoms with Gasteiger partial charge in [-0.3, -0.25) is 14.9 Å². The average Bonchev–Trinajstić information content (AvgIpc) is 2.35. The Morgan fingerprint density at radius 2 is 2.00 bits per heavy atom. The van der Waals surface area contributed by atoms with E-state index in [1.54, 1.807) is 13.8 Å². The van der Waals surface area contributed by atoms with E-state index in [-0.39, 0.29) is 28.8 Å². The summed E-state index contributed by atoms with van der Waals surface area (Å²) in [6.07, 6.45) is 0. The van der Waals surface area contributed by atoms with Gasteiger partial charge in [0.2, 0.25) is 10.0 Å². The van der Waals surface area contributed by atoms with E-state index in [2.05, 4.69) is 4.72 Å². The number of hydrogen-bond acceptors (Lipinski definition) is 5. The van der Waals surface area contributed by atoms with Crippen LogP contribution in [0.3, 0.4) is 0 Å². The second kappa shape index (κ2) is 6.10. The molecule has 1 rings (SSSR count). The van der Waals surface area contributed by atoms with Crippen molar-refractivity contribution in [1.29, 1.82) is 0 Å². The van der Waals surface area contributed by atoms with Crippen LogP contribution in [0.1, 0.15) is 19.4 Å². The van der Waals surface area contributed by atoms with Gasteiger partial charge in [-0.25, -0.2) is 13.1 Å². The van der Waals surface area contributed by atoms with Crippen LogP contribution < -0.4 is 4.72 Å². The predicted octanol–water partition coefficient (Wildman–Crippen LogP) is 1.41. The summed E-state index contributed by atoms with van der Waals surface area (Å²) >= 11 is 0. The highest BCUT2D eigenvalue weighted by atomic mass is 32.2.